The summed E-state index contributed by atoms with van der Waals surface area (Å²) in [4.78, 5) is 36.4. The van der Waals surface area contributed by atoms with Crippen molar-refractivity contribution in [1.29, 1.82) is 0 Å². The standard InChI is InChI=1S/C27H32FN5O4S/c1-16-12-33(13-17(2)37-16)23-7-5-6-21(30-23)22-14-38-26(31-22)32-24(35)11-29-25(36)19-10-18(8-9-20(19)28)27(3,4)15-34/h5-10,14,16-17,34H,11-13,15H2,1-4H3,(H,29,36)(H,31,32,35)/t16-,17+. The number of nitrogens with zero attached hydrogens (tertiary/aromatic N) is 3. The van der Waals surface area contributed by atoms with Crippen molar-refractivity contribution < 1.29 is 23.8 Å². The van der Waals surface area contributed by atoms with Crippen LogP contribution in [0.5, 0.6) is 0 Å². The van der Waals surface area contributed by atoms with E-state index in [1.54, 1.807) is 19.2 Å². The lowest BCUT2D eigenvalue weighted by Gasteiger charge is -2.36. The highest BCUT2D eigenvalue weighted by atomic mass is 32.1. The number of carbonyl (C=O) groups is 2. The molecule has 1 saturated heterocycles. The molecule has 0 unspecified atom stereocenters. The molecule has 0 radical (unpaired) electrons. The minimum absolute atomic E-state index is 0.110. The van der Waals surface area contributed by atoms with Crippen molar-refractivity contribution >= 4 is 34.1 Å². The topological polar surface area (TPSA) is 117 Å². The van der Waals surface area contributed by atoms with Gasteiger partial charge in [0.05, 0.1) is 36.6 Å². The average molecular weight is 542 g/mol. The second-order valence-corrected chi connectivity index (χ2v) is 10.9. The van der Waals surface area contributed by atoms with Crippen molar-refractivity contribution in [2.24, 2.45) is 0 Å². The summed E-state index contributed by atoms with van der Waals surface area (Å²) in [6.45, 7) is 8.62. The van der Waals surface area contributed by atoms with Crippen molar-refractivity contribution in [3.63, 3.8) is 0 Å². The zero-order valence-electron chi connectivity index (χ0n) is 21.8. The van der Waals surface area contributed by atoms with Gasteiger partial charge in [-0.05, 0) is 43.7 Å². The number of nitrogens with one attached hydrogen (secondary N) is 2. The predicted molar refractivity (Wildman–Crippen MR) is 145 cm³/mol. The maximum absolute atomic E-state index is 14.3. The second-order valence-electron chi connectivity index (χ2n) is 10.0. The number of amides is 2. The maximum atomic E-state index is 14.3. The Labute approximate surface area is 225 Å². The first-order valence-electron chi connectivity index (χ1n) is 12.4. The summed E-state index contributed by atoms with van der Waals surface area (Å²) >= 11 is 1.24. The number of thiazole rings is 1. The van der Waals surface area contributed by atoms with E-state index in [9.17, 15) is 19.1 Å². The van der Waals surface area contributed by atoms with Crippen LogP contribution in [0.1, 0.15) is 43.6 Å². The molecule has 2 amide bonds. The van der Waals surface area contributed by atoms with E-state index < -0.39 is 23.0 Å². The summed E-state index contributed by atoms with van der Waals surface area (Å²) in [5, 5.41) is 16.8. The molecule has 2 atom stereocenters. The average Bonchev–Trinajstić information content (AvgIpc) is 3.35. The highest BCUT2D eigenvalue weighted by Gasteiger charge is 2.24. The molecule has 0 bridgehead atoms. The fraction of sp³-hybridized carbons (Fsp3) is 0.407. The Hall–Kier alpha value is -3.41. The van der Waals surface area contributed by atoms with E-state index in [-0.39, 0.29) is 30.9 Å². The normalized spacial score (nSPS) is 17.8. The summed E-state index contributed by atoms with van der Waals surface area (Å²) in [5.41, 5.74) is 1.08. The van der Waals surface area contributed by atoms with Crippen molar-refractivity contribution in [2.75, 3.05) is 36.5 Å². The number of halogens is 1. The summed E-state index contributed by atoms with van der Waals surface area (Å²) in [7, 11) is 0. The van der Waals surface area contributed by atoms with Gasteiger partial charge >= 0.3 is 0 Å². The fourth-order valence-corrected chi connectivity index (χ4v) is 4.91. The molecule has 9 nitrogen and oxygen atoms in total. The predicted octanol–water partition coefficient (Wildman–Crippen LogP) is 3.60. The first-order chi connectivity index (χ1) is 18.1. The van der Waals surface area contributed by atoms with Gasteiger partial charge in [-0.2, -0.15) is 0 Å². The van der Waals surface area contributed by atoms with Crippen LogP contribution in [0.4, 0.5) is 15.3 Å². The Kier molecular flexibility index (Phi) is 8.39. The van der Waals surface area contributed by atoms with Crippen LogP contribution in [-0.2, 0) is 14.9 Å². The van der Waals surface area contributed by atoms with E-state index in [0.29, 0.717) is 22.1 Å². The van der Waals surface area contributed by atoms with E-state index in [4.69, 9.17) is 9.72 Å². The number of aromatic nitrogens is 2. The Morgan fingerprint density at radius 1 is 1.16 bits per heavy atom. The lowest BCUT2D eigenvalue weighted by molar-refractivity contribution is -0.115. The maximum Gasteiger partial charge on any atom is 0.254 e. The quantitative estimate of drug-likeness (QED) is 0.399. The van der Waals surface area contributed by atoms with E-state index in [0.717, 1.165) is 18.9 Å². The van der Waals surface area contributed by atoms with Crippen molar-refractivity contribution in [3.05, 3.63) is 58.7 Å². The number of rotatable bonds is 8. The number of carbonyl (C=O) groups excluding carboxylic acids is 2. The van der Waals surface area contributed by atoms with Gasteiger partial charge in [0.25, 0.3) is 5.91 Å². The molecule has 1 aromatic carbocycles. The molecular formula is C27H32FN5O4S. The Morgan fingerprint density at radius 3 is 2.61 bits per heavy atom. The summed E-state index contributed by atoms with van der Waals surface area (Å²) < 4.78 is 20.1. The van der Waals surface area contributed by atoms with E-state index in [2.05, 4.69) is 20.5 Å². The van der Waals surface area contributed by atoms with Crippen LogP contribution in [0.25, 0.3) is 11.4 Å². The van der Waals surface area contributed by atoms with Crippen LogP contribution in [0, 0.1) is 5.82 Å². The number of aliphatic hydroxyl groups excluding tert-OH is 1. The van der Waals surface area contributed by atoms with Gasteiger partial charge in [-0.15, -0.1) is 11.3 Å². The lowest BCUT2D eigenvalue weighted by atomic mass is 9.84. The van der Waals surface area contributed by atoms with Gasteiger partial charge < -0.3 is 25.4 Å². The Bertz CT molecular complexity index is 1300. The third-order valence-electron chi connectivity index (χ3n) is 6.29. The molecule has 0 saturated carbocycles. The van der Waals surface area contributed by atoms with Gasteiger partial charge in [0, 0.05) is 23.9 Å². The number of aliphatic hydroxyl groups is 1. The first-order valence-corrected chi connectivity index (χ1v) is 13.3. The monoisotopic (exact) mass is 541 g/mol. The fourth-order valence-electron chi connectivity index (χ4n) is 4.19. The first kappa shape index (κ1) is 27.6. The molecule has 3 aromatic rings. The van der Waals surface area contributed by atoms with E-state index in [1.807, 2.05) is 32.0 Å². The third-order valence-corrected chi connectivity index (χ3v) is 7.05. The van der Waals surface area contributed by atoms with Crippen LogP contribution in [0.2, 0.25) is 0 Å². The van der Waals surface area contributed by atoms with Crippen LogP contribution in [-0.4, -0.2) is 65.3 Å². The van der Waals surface area contributed by atoms with E-state index >= 15 is 0 Å². The number of benzene rings is 1. The molecule has 0 spiro atoms. The van der Waals surface area contributed by atoms with Crippen LogP contribution in [0.15, 0.2) is 41.8 Å². The molecule has 2 aromatic heterocycles. The second kappa shape index (κ2) is 11.5. The molecule has 38 heavy (non-hydrogen) atoms. The van der Waals surface area contributed by atoms with Crippen LogP contribution in [0.3, 0.4) is 0 Å². The minimum Gasteiger partial charge on any atom is -0.395 e. The van der Waals surface area contributed by atoms with Gasteiger partial charge in [-0.25, -0.2) is 14.4 Å². The molecule has 11 heteroatoms. The largest absolute Gasteiger partial charge is 0.395 e. The highest BCUT2D eigenvalue weighted by molar-refractivity contribution is 7.14. The Balaban J connectivity index is 1.37. The van der Waals surface area contributed by atoms with Crippen LogP contribution < -0.4 is 15.5 Å². The van der Waals surface area contributed by atoms with Crippen molar-refractivity contribution in [2.45, 2.75) is 45.3 Å². The number of hydrogen-bond acceptors (Lipinski definition) is 8. The molecule has 3 heterocycles. The molecule has 4 rings (SSSR count). The van der Waals surface area contributed by atoms with Crippen molar-refractivity contribution in [1.82, 2.24) is 15.3 Å². The molecule has 3 N–H and O–H groups in total. The zero-order valence-corrected chi connectivity index (χ0v) is 22.6. The molecule has 0 aliphatic carbocycles. The third kappa shape index (κ3) is 6.53. The van der Waals surface area contributed by atoms with Gasteiger partial charge in [-0.3, -0.25) is 9.59 Å². The van der Waals surface area contributed by atoms with Gasteiger partial charge in [0.2, 0.25) is 5.91 Å². The molecule has 1 fully saturated rings. The number of morpholine rings is 1. The molecule has 202 valence electrons. The van der Waals surface area contributed by atoms with Crippen LogP contribution >= 0.6 is 11.3 Å². The summed E-state index contributed by atoms with van der Waals surface area (Å²) in [5.74, 6) is -1.09. The minimum atomic E-state index is -0.721. The Morgan fingerprint density at radius 2 is 1.89 bits per heavy atom. The van der Waals surface area contributed by atoms with Gasteiger partial charge in [0.1, 0.15) is 17.3 Å². The summed E-state index contributed by atoms with van der Waals surface area (Å²) in [6.07, 6.45) is 0.220. The SMILES string of the molecule is C[C@@H]1CN(c2cccc(-c3csc(NC(=O)CNC(=O)c4cc(C(C)(C)CO)ccc4F)n3)n2)C[C@H](C)O1. The van der Waals surface area contributed by atoms with E-state index in [1.165, 1.54) is 29.5 Å². The molecular weight excluding hydrogens is 509 g/mol. The van der Waals surface area contributed by atoms with Gasteiger partial charge in [-0.1, -0.05) is 26.0 Å². The van der Waals surface area contributed by atoms with Gasteiger partial charge in [0.15, 0.2) is 5.13 Å². The zero-order chi connectivity index (χ0) is 27.4. The van der Waals surface area contributed by atoms with Crippen molar-refractivity contribution in [3.8, 4) is 11.4 Å². The highest BCUT2D eigenvalue weighted by Crippen LogP contribution is 2.27. The molecule has 1 aliphatic heterocycles. The summed E-state index contributed by atoms with van der Waals surface area (Å²) in [6, 6.07) is 9.84. The number of ether oxygens (including phenoxy) is 1. The smallest absolute Gasteiger partial charge is 0.254 e. The lowest BCUT2D eigenvalue weighted by Crippen LogP contribution is -2.45. The number of pyridine rings is 1. The molecule has 1 aliphatic rings. The number of hydrogen-bond donors (Lipinski definition) is 3. The number of anilines is 2.